The van der Waals surface area contributed by atoms with Crippen LogP contribution in [0.1, 0.15) is 76.7 Å². The van der Waals surface area contributed by atoms with Gasteiger partial charge in [0.25, 0.3) is 0 Å². The highest BCUT2D eigenvalue weighted by Gasteiger charge is 2.31. The molecule has 0 spiro atoms. The van der Waals surface area contributed by atoms with Crippen molar-refractivity contribution in [2.75, 3.05) is 5.75 Å². The minimum absolute atomic E-state index is 0.0130. The molecule has 0 fully saturated rings. The van der Waals surface area contributed by atoms with E-state index in [0.717, 1.165) is 44.9 Å². The van der Waals surface area contributed by atoms with Crippen molar-refractivity contribution in [3.05, 3.63) is 34.9 Å². The Morgan fingerprint density at radius 3 is 2.19 bits per heavy atom. The number of carbonyl (C=O) groups is 1. The minimum atomic E-state index is -3.57. The summed E-state index contributed by atoms with van der Waals surface area (Å²) < 4.78 is 24.8. The summed E-state index contributed by atoms with van der Waals surface area (Å²) in [6.07, 6.45) is 9.30. The molecular formula is C21H33ClO4S. The van der Waals surface area contributed by atoms with Crippen molar-refractivity contribution < 1.29 is 18.3 Å². The first-order valence-electron chi connectivity index (χ1n) is 10.1. The molecule has 4 nitrogen and oxygen atoms in total. The van der Waals surface area contributed by atoms with Crippen molar-refractivity contribution in [3.63, 3.8) is 0 Å². The first kappa shape index (κ1) is 24.0. The molecule has 1 unspecified atom stereocenters. The van der Waals surface area contributed by atoms with Crippen LogP contribution in [0, 0.1) is 0 Å². The molecule has 0 radical (unpaired) electrons. The fourth-order valence-electron chi connectivity index (χ4n) is 3.17. The molecule has 1 aromatic rings. The third kappa shape index (κ3) is 10.2. The molecule has 0 aromatic heterocycles. The molecule has 0 saturated carbocycles. The van der Waals surface area contributed by atoms with Crippen molar-refractivity contribution in [1.29, 1.82) is 0 Å². The smallest absolute Gasteiger partial charge is 0.321 e. The summed E-state index contributed by atoms with van der Waals surface area (Å²) in [5.41, 5.74) is 1.19. The van der Waals surface area contributed by atoms with E-state index in [9.17, 15) is 18.3 Å². The van der Waals surface area contributed by atoms with Crippen molar-refractivity contribution >= 4 is 27.4 Å². The van der Waals surface area contributed by atoms with Crippen LogP contribution < -0.4 is 0 Å². The van der Waals surface area contributed by atoms with Crippen molar-refractivity contribution in [1.82, 2.24) is 0 Å². The first-order valence-corrected chi connectivity index (χ1v) is 12.1. The van der Waals surface area contributed by atoms with Gasteiger partial charge in [-0.25, -0.2) is 8.42 Å². The molecule has 0 heterocycles. The van der Waals surface area contributed by atoms with E-state index in [-0.39, 0.29) is 12.2 Å². The molecular weight excluding hydrogens is 384 g/mol. The van der Waals surface area contributed by atoms with Gasteiger partial charge in [-0.3, -0.25) is 4.79 Å². The van der Waals surface area contributed by atoms with Crippen LogP contribution in [0.15, 0.2) is 24.3 Å². The maximum Gasteiger partial charge on any atom is 0.321 e. The van der Waals surface area contributed by atoms with Crippen LogP contribution >= 0.6 is 11.6 Å². The van der Waals surface area contributed by atoms with Crippen molar-refractivity contribution in [3.8, 4) is 0 Å². The number of hydrogen-bond acceptors (Lipinski definition) is 3. The van der Waals surface area contributed by atoms with E-state index in [1.807, 2.05) is 24.3 Å². The van der Waals surface area contributed by atoms with Gasteiger partial charge in [-0.15, -0.1) is 0 Å². The maximum atomic E-state index is 12.4. The molecule has 154 valence electrons. The molecule has 0 bridgehead atoms. The van der Waals surface area contributed by atoms with Gasteiger partial charge in [-0.2, -0.15) is 0 Å². The number of aryl methyl sites for hydroxylation is 1. The quantitative estimate of drug-likeness (QED) is 0.374. The highest BCUT2D eigenvalue weighted by atomic mass is 35.5. The van der Waals surface area contributed by atoms with Gasteiger partial charge in [0.05, 0.1) is 5.75 Å². The summed E-state index contributed by atoms with van der Waals surface area (Å²) in [6, 6.07) is 7.67. The molecule has 1 N–H and O–H groups in total. The van der Waals surface area contributed by atoms with Crippen LogP contribution in [-0.2, 0) is 21.1 Å². The molecule has 0 amide bonds. The Kier molecular flexibility index (Phi) is 11.7. The molecule has 1 atom stereocenters. The zero-order valence-electron chi connectivity index (χ0n) is 16.3. The van der Waals surface area contributed by atoms with Crippen molar-refractivity contribution in [2.45, 2.75) is 82.8 Å². The lowest BCUT2D eigenvalue weighted by Gasteiger charge is -2.13. The highest BCUT2D eigenvalue weighted by molar-refractivity contribution is 7.92. The number of carboxylic acids is 1. The second kappa shape index (κ2) is 13.2. The van der Waals surface area contributed by atoms with E-state index < -0.39 is 21.1 Å². The number of halogens is 1. The third-order valence-electron chi connectivity index (χ3n) is 4.84. The standard InChI is InChI=1S/C21H33ClO4S/c1-2-3-4-5-6-10-17-27(25,26)20(21(23)24)12-9-7-8-11-18-13-15-19(22)16-14-18/h13-16,20H,2-12,17H2,1H3,(H,23,24). The highest BCUT2D eigenvalue weighted by Crippen LogP contribution is 2.17. The molecule has 1 rings (SSSR count). The van der Waals surface area contributed by atoms with E-state index in [2.05, 4.69) is 6.92 Å². The van der Waals surface area contributed by atoms with Crippen LogP contribution in [0.2, 0.25) is 5.02 Å². The Hall–Kier alpha value is -1.07. The summed E-state index contributed by atoms with van der Waals surface area (Å²) in [6.45, 7) is 2.14. The number of rotatable bonds is 15. The van der Waals surface area contributed by atoms with Crippen LogP contribution in [0.25, 0.3) is 0 Å². The molecule has 0 aliphatic heterocycles. The van der Waals surface area contributed by atoms with Gasteiger partial charge in [0.1, 0.15) is 0 Å². The summed E-state index contributed by atoms with van der Waals surface area (Å²) in [7, 11) is -3.57. The number of hydrogen-bond donors (Lipinski definition) is 1. The topological polar surface area (TPSA) is 71.4 Å². The average Bonchev–Trinajstić information content (AvgIpc) is 2.62. The van der Waals surface area contributed by atoms with E-state index in [1.165, 1.54) is 12.0 Å². The molecule has 0 saturated heterocycles. The van der Waals surface area contributed by atoms with Gasteiger partial charge >= 0.3 is 5.97 Å². The lowest BCUT2D eigenvalue weighted by molar-refractivity contribution is -0.136. The van der Waals surface area contributed by atoms with Gasteiger partial charge in [0.15, 0.2) is 15.1 Å². The fourth-order valence-corrected chi connectivity index (χ4v) is 5.02. The normalized spacial score (nSPS) is 12.8. The minimum Gasteiger partial charge on any atom is -0.480 e. The summed E-state index contributed by atoms with van der Waals surface area (Å²) in [5.74, 6) is -1.22. The summed E-state index contributed by atoms with van der Waals surface area (Å²) in [5, 5.41) is 8.80. The van der Waals surface area contributed by atoms with Crippen LogP contribution in [-0.4, -0.2) is 30.5 Å². The Bertz CT molecular complexity index is 641. The lowest BCUT2D eigenvalue weighted by Crippen LogP contribution is -2.32. The van der Waals surface area contributed by atoms with E-state index in [1.54, 1.807) is 0 Å². The van der Waals surface area contributed by atoms with Crippen LogP contribution in [0.4, 0.5) is 0 Å². The van der Waals surface area contributed by atoms with Crippen molar-refractivity contribution in [2.24, 2.45) is 0 Å². The third-order valence-corrected chi connectivity index (χ3v) is 7.25. The monoisotopic (exact) mass is 416 g/mol. The zero-order valence-corrected chi connectivity index (χ0v) is 17.9. The fraction of sp³-hybridized carbons (Fsp3) is 0.667. The Balaban J connectivity index is 2.32. The Morgan fingerprint density at radius 2 is 1.56 bits per heavy atom. The predicted octanol–water partition coefficient (Wildman–Crippen LogP) is 5.67. The number of sulfone groups is 1. The Labute approximate surface area is 169 Å². The van der Waals surface area contributed by atoms with E-state index in [4.69, 9.17) is 11.6 Å². The van der Waals surface area contributed by atoms with E-state index >= 15 is 0 Å². The molecule has 27 heavy (non-hydrogen) atoms. The number of aliphatic carboxylic acids is 1. The second-order valence-corrected chi connectivity index (χ2v) is 9.93. The predicted molar refractivity (Wildman–Crippen MR) is 112 cm³/mol. The maximum absolute atomic E-state index is 12.4. The van der Waals surface area contributed by atoms with Gasteiger partial charge < -0.3 is 5.11 Å². The Morgan fingerprint density at radius 1 is 0.963 bits per heavy atom. The van der Waals surface area contributed by atoms with Crippen LogP contribution in [0.3, 0.4) is 0 Å². The average molecular weight is 417 g/mol. The number of carboxylic acid groups (broad SMARTS) is 1. The number of benzene rings is 1. The molecule has 0 aliphatic rings. The van der Waals surface area contributed by atoms with E-state index in [0.29, 0.717) is 17.9 Å². The van der Waals surface area contributed by atoms with Gasteiger partial charge in [0.2, 0.25) is 0 Å². The lowest BCUT2D eigenvalue weighted by atomic mass is 10.1. The molecule has 1 aromatic carbocycles. The van der Waals surface area contributed by atoms with Gasteiger partial charge in [-0.05, 0) is 43.4 Å². The zero-order chi connectivity index (χ0) is 20.1. The second-order valence-electron chi connectivity index (χ2n) is 7.19. The summed E-state index contributed by atoms with van der Waals surface area (Å²) >= 11 is 5.86. The largest absolute Gasteiger partial charge is 0.480 e. The first-order chi connectivity index (χ1) is 12.9. The number of unbranched alkanes of at least 4 members (excludes halogenated alkanes) is 7. The molecule has 6 heteroatoms. The summed E-state index contributed by atoms with van der Waals surface area (Å²) in [4.78, 5) is 11.4. The van der Waals surface area contributed by atoms with Gasteiger partial charge in [0, 0.05) is 5.02 Å². The molecule has 0 aliphatic carbocycles. The van der Waals surface area contributed by atoms with Crippen LogP contribution in [0.5, 0.6) is 0 Å². The van der Waals surface area contributed by atoms with Gasteiger partial charge in [-0.1, -0.05) is 75.6 Å². The SMILES string of the molecule is CCCCCCCCS(=O)(=O)C(CCCCCc1ccc(Cl)cc1)C(=O)O.